The summed E-state index contributed by atoms with van der Waals surface area (Å²) in [7, 11) is 0. The van der Waals surface area contributed by atoms with Gasteiger partial charge in [0.15, 0.2) is 16.8 Å². The Morgan fingerprint density at radius 1 is 1.11 bits per heavy atom. The first-order chi connectivity index (χ1) is 13.5. The summed E-state index contributed by atoms with van der Waals surface area (Å²) in [4.78, 5) is 12.5. The van der Waals surface area contributed by atoms with Crippen molar-refractivity contribution in [2.75, 3.05) is 5.75 Å². The van der Waals surface area contributed by atoms with Gasteiger partial charge in [0, 0.05) is 17.7 Å². The topological polar surface area (TPSA) is 71.6 Å². The highest BCUT2D eigenvalue weighted by molar-refractivity contribution is 7.99. The molecule has 1 aromatic heterocycles. The van der Waals surface area contributed by atoms with E-state index in [2.05, 4.69) is 53.7 Å². The highest BCUT2D eigenvalue weighted by Gasteiger charge is 2.17. The summed E-state index contributed by atoms with van der Waals surface area (Å²) >= 11 is 1.40. The molecule has 28 heavy (non-hydrogen) atoms. The molecule has 142 valence electrons. The highest BCUT2D eigenvalue weighted by Crippen LogP contribution is 2.26. The zero-order valence-electron chi connectivity index (χ0n) is 16.2. The molecule has 0 N–H and O–H groups in total. The molecule has 0 spiro atoms. The van der Waals surface area contributed by atoms with Gasteiger partial charge in [0.1, 0.15) is 0 Å². The molecule has 1 heterocycles. The lowest BCUT2D eigenvalue weighted by molar-refractivity contribution is 0.102. The molecule has 0 radical (unpaired) electrons. The number of aromatic nitrogens is 3. The monoisotopic (exact) mass is 390 g/mol. The fourth-order valence-electron chi connectivity index (χ4n) is 2.79. The molecule has 0 saturated heterocycles. The molecule has 0 aliphatic heterocycles. The van der Waals surface area contributed by atoms with Crippen molar-refractivity contribution in [1.82, 2.24) is 14.8 Å². The van der Waals surface area contributed by atoms with E-state index in [-0.39, 0.29) is 11.5 Å². The lowest BCUT2D eigenvalue weighted by Crippen LogP contribution is -2.09. The summed E-state index contributed by atoms with van der Waals surface area (Å²) in [5.74, 6) is 1.53. The van der Waals surface area contributed by atoms with Gasteiger partial charge in [-0.05, 0) is 25.0 Å². The van der Waals surface area contributed by atoms with Gasteiger partial charge in [-0.15, -0.1) is 10.2 Å². The van der Waals surface area contributed by atoms with E-state index >= 15 is 0 Å². The number of nitrogens with zero attached hydrogens (tertiary/aromatic N) is 4. The lowest BCUT2D eigenvalue weighted by Gasteiger charge is -2.12. The Kier molecular flexibility index (Phi) is 6.27. The third-order valence-corrected chi connectivity index (χ3v) is 5.21. The maximum Gasteiger partial charge on any atom is 0.191 e. The largest absolute Gasteiger partial charge is 0.302 e. The Balaban J connectivity index is 1.80. The second kappa shape index (κ2) is 8.85. The van der Waals surface area contributed by atoms with Crippen LogP contribution < -0.4 is 0 Å². The summed E-state index contributed by atoms with van der Waals surface area (Å²) in [5.41, 5.74) is 3.36. The van der Waals surface area contributed by atoms with E-state index in [9.17, 15) is 4.79 Å². The first-order valence-corrected chi connectivity index (χ1v) is 10.1. The summed E-state index contributed by atoms with van der Waals surface area (Å²) in [6.07, 6.45) is 0. The van der Waals surface area contributed by atoms with Crippen LogP contribution in [0.15, 0.2) is 53.7 Å². The Bertz CT molecular complexity index is 999. The quantitative estimate of drug-likeness (QED) is 0.430. The molecule has 6 heteroatoms. The number of hydrogen-bond donors (Lipinski definition) is 0. The van der Waals surface area contributed by atoms with Crippen LogP contribution >= 0.6 is 11.8 Å². The number of carbonyl (C=O) groups excluding carboxylic acids is 1. The van der Waals surface area contributed by atoms with Crippen LogP contribution in [0.5, 0.6) is 0 Å². The third-order valence-electron chi connectivity index (χ3n) is 4.24. The average Bonchev–Trinajstić information content (AvgIpc) is 3.08. The predicted molar refractivity (Wildman–Crippen MR) is 111 cm³/mol. The van der Waals surface area contributed by atoms with E-state index in [1.54, 1.807) is 24.3 Å². The zero-order valence-corrected chi connectivity index (χ0v) is 17.0. The van der Waals surface area contributed by atoms with Gasteiger partial charge in [-0.1, -0.05) is 67.6 Å². The van der Waals surface area contributed by atoms with Crippen LogP contribution in [0.3, 0.4) is 0 Å². The summed E-state index contributed by atoms with van der Waals surface area (Å²) < 4.78 is 2.09. The number of ketones is 1. The Morgan fingerprint density at radius 3 is 2.39 bits per heavy atom. The SMILES string of the molecule is Cc1ccc(-c2nnc(SCC(=O)c3ccc(C#N)cc3)n2CC(C)C)cc1. The molecule has 2 aromatic carbocycles. The maximum atomic E-state index is 12.5. The molecule has 0 aliphatic carbocycles. The Hall–Kier alpha value is -2.91. The van der Waals surface area contributed by atoms with E-state index < -0.39 is 0 Å². The average molecular weight is 391 g/mol. The van der Waals surface area contributed by atoms with Gasteiger partial charge in [-0.3, -0.25) is 4.79 Å². The second-order valence-corrected chi connectivity index (χ2v) is 8.02. The van der Waals surface area contributed by atoms with Crippen LogP contribution in [0.4, 0.5) is 0 Å². The molecule has 0 fully saturated rings. The molecule has 3 aromatic rings. The van der Waals surface area contributed by atoms with Crippen LogP contribution in [0.1, 0.15) is 35.3 Å². The van der Waals surface area contributed by atoms with Gasteiger partial charge < -0.3 is 4.57 Å². The van der Waals surface area contributed by atoms with E-state index in [0.717, 1.165) is 23.1 Å². The van der Waals surface area contributed by atoms with Crippen molar-refractivity contribution in [2.45, 2.75) is 32.5 Å². The van der Waals surface area contributed by atoms with Gasteiger partial charge in [0.05, 0.1) is 17.4 Å². The van der Waals surface area contributed by atoms with Gasteiger partial charge in [-0.2, -0.15) is 5.26 Å². The summed E-state index contributed by atoms with van der Waals surface area (Å²) in [6, 6.07) is 17.0. The Labute approximate surface area is 169 Å². The van der Waals surface area contributed by atoms with Crippen molar-refractivity contribution in [1.29, 1.82) is 5.26 Å². The molecule has 0 amide bonds. The first kappa shape index (κ1) is 19.8. The van der Waals surface area contributed by atoms with Crippen molar-refractivity contribution in [3.8, 4) is 17.5 Å². The highest BCUT2D eigenvalue weighted by atomic mass is 32.2. The third kappa shape index (κ3) is 4.68. The van der Waals surface area contributed by atoms with Crippen molar-refractivity contribution in [2.24, 2.45) is 5.92 Å². The molecule has 5 nitrogen and oxygen atoms in total. The van der Waals surface area contributed by atoms with Crippen LogP contribution in [-0.4, -0.2) is 26.3 Å². The molecule has 0 saturated carbocycles. The fraction of sp³-hybridized carbons (Fsp3) is 0.273. The van der Waals surface area contributed by atoms with Crippen LogP contribution in [0, 0.1) is 24.2 Å². The standard InChI is InChI=1S/C22H22N4OS/c1-15(2)13-26-21(19-8-4-16(3)5-9-19)24-25-22(26)28-14-20(27)18-10-6-17(12-23)7-11-18/h4-11,15H,13-14H2,1-3H3. The second-order valence-electron chi connectivity index (χ2n) is 7.08. The molecule has 0 bridgehead atoms. The van der Waals surface area contributed by atoms with Crippen molar-refractivity contribution < 1.29 is 4.79 Å². The molecular weight excluding hydrogens is 368 g/mol. The van der Waals surface area contributed by atoms with E-state index in [1.165, 1.54) is 17.3 Å². The number of carbonyl (C=O) groups is 1. The van der Waals surface area contributed by atoms with Gasteiger partial charge >= 0.3 is 0 Å². The van der Waals surface area contributed by atoms with Gasteiger partial charge in [0.25, 0.3) is 0 Å². The molecule has 0 aliphatic rings. The normalized spacial score (nSPS) is 10.8. The van der Waals surface area contributed by atoms with E-state index in [0.29, 0.717) is 17.0 Å². The number of thioether (sulfide) groups is 1. The minimum absolute atomic E-state index is 0.00507. The van der Waals surface area contributed by atoms with E-state index in [1.807, 2.05) is 12.1 Å². The van der Waals surface area contributed by atoms with Crippen molar-refractivity contribution in [3.05, 3.63) is 65.2 Å². The zero-order chi connectivity index (χ0) is 20.1. The number of nitriles is 1. The summed E-state index contributed by atoms with van der Waals surface area (Å²) in [6.45, 7) is 7.13. The number of hydrogen-bond acceptors (Lipinski definition) is 5. The molecule has 3 rings (SSSR count). The number of Topliss-reactive ketones (excluding diaryl/α,β-unsaturated/α-hetero) is 1. The lowest BCUT2D eigenvalue weighted by atomic mass is 10.1. The van der Waals surface area contributed by atoms with Gasteiger partial charge in [0.2, 0.25) is 0 Å². The Morgan fingerprint density at radius 2 is 1.79 bits per heavy atom. The van der Waals surface area contributed by atoms with Crippen LogP contribution in [-0.2, 0) is 6.54 Å². The number of aryl methyl sites for hydroxylation is 1. The smallest absolute Gasteiger partial charge is 0.191 e. The molecule has 0 atom stereocenters. The van der Waals surface area contributed by atoms with Crippen LogP contribution in [0.25, 0.3) is 11.4 Å². The van der Waals surface area contributed by atoms with Crippen molar-refractivity contribution >= 4 is 17.5 Å². The summed E-state index contributed by atoms with van der Waals surface area (Å²) in [5, 5.41) is 18.3. The number of benzene rings is 2. The minimum atomic E-state index is 0.00507. The molecule has 0 unspecified atom stereocenters. The van der Waals surface area contributed by atoms with Gasteiger partial charge in [-0.25, -0.2) is 0 Å². The minimum Gasteiger partial charge on any atom is -0.302 e. The number of rotatable bonds is 7. The van der Waals surface area contributed by atoms with Crippen molar-refractivity contribution in [3.63, 3.8) is 0 Å². The van der Waals surface area contributed by atoms with Crippen LogP contribution in [0.2, 0.25) is 0 Å². The maximum absolute atomic E-state index is 12.5. The fourth-order valence-corrected chi connectivity index (χ4v) is 3.63. The predicted octanol–water partition coefficient (Wildman–Crippen LogP) is 4.76. The van der Waals surface area contributed by atoms with E-state index in [4.69, 9.17) is 5.26 Å². The molecular formula is C22H22N4OS. The first-order valence-electron chi connectivity index (χ1n) is 9.14.